The second kappa shape index (κ2) is 7.90. The van der Waals surface area contributed by atoms with Crippen molar-refractivity contribution in [2.75, 3.05) is 45.9 Å². The summed E-state index contributed by atoms with van der Waals surface area (Å²) in [6.07, 6.45) is 1.53. The highest BCUT2D eigenvalue weighted by Gasteiger charge is 2.16. The molecule has 8 heteroatoms. The molecule has 0 bridgehead atoms. The van der Waals surface area contributed by atoms with Crippen molar-refractivity contribution in [2.24, 2.45) is 0 Å². The fourth-order valence-electron chi connectivity index (χ4n) is 2.18. The molecule has 0 saturated carbocycles. The molecule has 3 N–H and O–H groups in total. The van der Waals surface area contributed by atoms with E-state index in [0.29, 0.717) is 19.6 Å². The predicted octanol–water partition coefficient (Wildman–Crippen LogP) is -0.265. The Hall–Kier alpha value is -0.930. The van der Waals surface area contributed by atoms with Gasteiger partial charge in [0, 0.05) is 44.6 Å². The van der Waals surface area contributed by atoms with Crippen molar-refractivity contribution in [3.05, 3.63) is 18.0 Å². The van der Waals surface area contributed by atoms with Crippen LogP contribution in [0.15, 0.2) is 17.2 Å². The van der Waals surface area contributed by atoms with Crippen molar-refractivity contribution in [1.82, 2.24) is 19.9 Å². The van der Waals surface area contributed by atoms with Crippen LogP contribution in [0.2, 0.25) is 0 Å². The fraction of sp³-hybridized carbons (Fsp3) is 0.692. The molecule has 2 heterocycles. The van der Waals surface area contributed by atoms with Crippen LogP contribution in [-0.2, 0) is 21.3 Å². The van der Waals surface area contributed by atoms with E-state index in [1.54, 1.807) is 6.07 Å². The van der Waals surface area contributed by atoms with Gasteiger partial charge in [-0.3, -0.25) is 4.90 Å². The number of morpholine rings is 1. The summed E-state index contributed by atoms with van der Waals surface area (Å²) in [6.45, 7) is 7.77. The molecular weight excluding hydrogens is 292 g/mol. The monoisotopic (exact) mass is 316 g/mol. The third-order valence-corrected chi connectivity index (χ3v) is 4.86. The number of H-pyrrole nitrogens is 1. The zero-order valence-corrected chi connectivity index (χ0v) is 13.2. The van der Waals surface area contributed by atoms with E-state index in [1.165, 1.54) is 6.20 Å². The van der Waals surface area contributed by atoms with Gasteiger partial charge >= 0.3 is 0 Å². The van der Waals surface area contributed by atoms with Crippen LogP contribution in [0.5, 0.6) is 0 Å². The van der Waals surface area contributed by atoms with Crippen molar-refractivity contribution in [3.8, 4) is 0 Å². The lowest BCUT2D eigenvalue weighted by Crippen LogP contribution is -2.41. The van der Waals surface area contributed by atoms with Gasteiger partial charge in [0.15, 0.2) is 0 Å². The number of aromatic amines is 1. The van der Waals surface area contributed by atoms with E-state index in [0.717, 1.165) is 38.5 Å². The van der Waals surface area contributed by atoms with E-state index >= 15 is 0 Å². The van der Waals surface area contributed by atoms with Crippen LogP contribution in [0, 0.1) is 0 Å². The average molecular weight is 316 g/mol. The Morgan fingerprint density at radius 2 is 2.14 bits per heavy atom. The Bertz CT molecular complexity index is 523. The van der Waals surface area contributed by atoms with Crippen LogP contribution in [0.4, 0.5) is 0 Å². The number of nitrogens with zero attached hydrogens (tertiary/aromatic N) is 1. The van der Waals surface area contributed by atoms with Crippen LogP contribution in [0.25, 0.3) is 0 Å². The molecule has 21 heavy (non-hydrogen) atoms. The molecule has 1 aliphatic heterocycles. The highest BCUT2D eigenvalue weighted by molar-refractivity contribution is 7.89. The topological polar surface area (TPSA) is 86.5 Å². The van der Waals surface area contributed by atoms with Gasteiger partial charge in [0.05, 0.1) is 18.1 Å². The maximum Gasteiger partial charge on any atom is 0.242 e. The van der Waals surface area contributed by atoms with Gasteiger partial charge in [-0.15, -0.1) is 0 Å². The summed E-state index contributed by atoms with van der Waals surface area (Å²) in [5, 5.41) is 3.15. The van der Waals surface area contributed by atoms with E-state index in [1.807, 2.05) is 6.92 Å². The van der Waals surface area contributed by atoms with Gasteiger partial charge < -0.3 is 15.0 Å². The summed E-state index contributed by atoms with van der Waals surface area (Å²) >= 11 is 0. The molecule has 7 nitrogen and oxygen atoms in total. The molecule has 1 aromatic rings. The predicted molar refractivity (Wildman–Crippen MR) is 80.6 cm³/mol. The molecule has 120 valence electrons. The van der Waals surface area contributed by atoms with E-state index in [9.17, 15) is 8.42 Å². The lowest BCUT2D eigenvalue weighted by molar-refractivity contribution is 0.0390. The van der Waals surface area contributed by atoms with Crippen molar-refractivity contribution >= 4 is 10.0 Å². The maximum absolute atomic E-state index is 12.2. The van der Waals surface area contributed by atoms with Crippen molar-refractivity contribution in [3.63, 3.8) is 0 Å². The van der Waals surface area contributed by atoms with Gasteiger partial charge in [-0.2, -0.15) is 0 Å². The van der Waals surface area contributed by atoms with Crippen LogP contribution in [0.1, 0.15) is 12.6 Å². The zero-order valence-electron chi connectivity index (χ0n) is 12.4. The van der Waals surface area contributed by atoms with Gasteiger partial charge in [0.1, 0.15) is 0 Å². The normalized spacial score (nSPS) is 17.2. The lowest BCUT2D eigenvalue weighted by Gasteiger charge is -2.26. The fourth-order valence-corrected chi connectivity index (χ4v) is 3.22. The smallest absolute Gasteiger partial charge is 0.242 e. The van der Waals surface area contributed by atoms with E-state index in [4.69, 9.17) is 4.74 Å². The van der Waals surface area contributed by atoms with Crippen LogP contribution < -0.4 is 10.0 Å². The highest BCUT2D eigenvalue weighted by atomic mass is 32.2. The number of sulfonamides is 1. The minimum atomic E-state index is -3.43. The van der Waals surface area contributed by atoms with Crippen molar-refractivity contribution < 1.29 is 13.2 Å². The second-order valence-electron chi connectivity index (χ2n) is 4.99. The van der Waals surface area contributed by atoms with Gasteiger partial charge in [-0.1, -0.05) is 6.92 Å². The Balaban J connectivity index is 1.81. The van der Waals surface area contributed by atoms with E-state index in [2.05, 4.69) is 19.9 Å². The minimum Gasteiger partial charge on any atom is -0.379 e. The Morgan fingerprint density at radius 1 is 1.38 bits per heavy atom. The minimum absolute atomic E-state index is 0.289. The highest BCUT2D eigenvalue weighted by Crippen LogP contribution is 2.10. The molecule has 0 amide bonds. The summed E-state index contributed by atoms with van der Waals surface area (Å²) in [5.74, 6) is 0. The Morgan fingerprint density at radius 3 is 2.86 bits per heavy atom. The molecule has 0 unspecified atom stereocenters. The number of hydrogen-bond donors (Lipinski definition) is 3. The van der Waals surface area contributed by atoms with E-state index < -0.39 is 10.0 Å². The summed E-state index contributed by atoms with van der Waals surface area (Å²) in [7, 11) is -3.43. The second-order valence-corrected chi connectivity index (χ2v) is 6.76. The number of hydrogen-bond acceptors (Lipinski definition) is 5. The van der Waals surface area contributed by atoms with Gasteiger partial charge in [0.2, 0.25) is 10.0 Å². The first-order valence-corrected chi connectivity index (χ1v) is 8.78. The van der Waals surface area contributed by atoms with Gasteiger partial charge in [0.25, 0.3) is 0 Å². The molecule has 0 aliphatic carbocycles. The number of rotatable bonds is 8. The molecule has 1 saturated heterocycles. The number of ether oxygens (including phenoxy) is 1. The Labute approximate surface area is 126 Å². The average Bonchev–Trinajstić information content (AvgIpc) is 2.96. The molecular formula is C13H24N4O3S. The SMILES string of the molecule is CCNCc1cc(S(=O)(=O)NCCN2CCOCC2)c[nH]1. The maximum atomic E-state index is 12.2. The molecule has 0 atom stereocenters. The van der Waals surface area contributed by atoms with E-state index in [-0.39, 0.29) is 4.90 Å². The first-order chi connectivity index (χ1) is 10.1. The zero-order chi connectivity index (χ0) is 15.1. The van der Waals surface area contributed by atoms with Crippen LogP contribution in [-0.4, -0.2) is 64.2 Å². The lowest BCUT2D eigenvalue weighted by atomic mass is 10.4. The standard InChI is InChI=1S/C13H24N4O3S/c1-2-14-10-12-9-13(11-15-12)21(18,19)16-3-4-17-5-7-20-8-6-17/h9,11,14-16H,2-8,10H2,1H3. The van der Waals surface area contributed by atoms with Crippen molar-refractivity contribution in [2.45, 2.75) is 18.4 Å². The van der Waals surface area contributed by atoms with Gasteiger partial charge in [-0.05, 0) is 12.6 Å². The molecule has 2 rings (SSSR count). The number of nitrogens with one attached hydrogen (secondary N) is 3. The summed E-state index contributed by atoms with van der Waals surface area (Å²) < 4.78 is 32.2. The summed E-state index contributed by atoms with van der Waals surface area (Å²) in [6, 6.07) is 1.67. The van der Waals surface area contributed by atoms with Crippen LogP contribution >= 0.6 is 0 Å². The molecule has 0 aromatic carbocycles. The molecule has 0 radical (unpaired) electrons. The molecule has 0 spiro atoms. The summed E-state index contributed by atoms with van der Waals surface area (Å²) in [5.41, 5.74) is 0.866. The Kier molecular flexibility index (Phi) is 6.19. The third-order valence-electron chi connectivity index (χ3n) is 3.42. The first kappa shape index (κ1) is 16.4. The molecule has 1 aliphatic rings. The van der Waals surface area contributed by atoms with Gasteiger partial charge in [-0.25, -0.2) is 13.1 Å². The van der Waals surface area contributed by atoms with Crippen molar-refractivity contribution in [1.29, 1.82) is 0 Å². The quantitative estimate of drug-likeness (QED) is 0.615. The summed E-state index contributed by atoms with van der Waals surface area (Å²) in [4.78, 5) is 5.46. The molecule has 1 aromatic heterocycles. The largest absolute Gasteiger partial charge is 0.379 e. The third kappa shape index (κ3) is 5.08. The van der Waals surface area contributed by atoms with Crippen LogP contribution in [0.3, 0.4) is 0 Å². The first-order valence-electron chi connectivity index (χ1n) is 7.29. The number of aromatic nitrogens is 1. The molecule has 1 fully saturated rings.